The van der Waals surface area contributed by atoms with Crippen LogP contribution in [0.4, 0.5) is 0 Å². The summed E-state index contributed by atoms with van der Waals surface area (Å²) >= 11 is 0. The monoisotopic (exact) mass is 349 g/mol. The summed E-state index contributed by atoms with van der Waals surface area (Å²) < 4.78 is 6.67. The SMILES string of the molecule is CC(C)[C@H]1C[C@@](C)(O[Si](C)(C)C(C)(C)C)ON1Cc1ccccc1. The first-order valence-electron chi connectivity index (χ1n) is 9.13. The molecule has 0 amide bonds. The Bertz CT molecular complexity index is 538. The lowest BCUT2D eigenvalue weighted by molar-refractivity contribution is -0.276. The Hall–Kier alpha value is -0.683. The van der Waals surface area contributed by atoms with E-state index >= 15 is 0 Å². The lowest BCUT2D eigenvalue weighted by atomic mass is 9.98. The van der Waals surface area contributed by atoms with Crippen LogP contribution >= 0.6 is 0 Å². The second-order valence-electron chi connectivity index (χ2n) is 9.16. The van der Waals surface area contributed by atoms with E-state index in [4.69, 9.17) is 9.26 Å². The highest BCUT2D eigenvalue weighted by Crippen LogP contribution is 2.44. The van der Waals surface area contributed by atoms with Crippen LogP contribution in [0.3, 0.4) is 0 Å². The highest BCUT2D eigenvalue weighted by atomic mass is 28.4. The van der Waals surface area contributed by atoms with Crippen molar-refractivity contribution in [1.29, 1.82) is 0 Å². The predicted molar refractivity (Wildman–Crippen MR) is 103 cm³/mol. The number of benzene rings is 1. The normalized spacial score (nSPS) is 26.3. The first kappa shape index (κ1) is 19.6. The average molecular weight is 350 g/mol. The number of hydroxylamine groups is 2. The first-order chi connectivity index (χ1) is 10.9. The number of rotatable bonds is 5. The average Bonchev–Trinajstić information content (AvgIpc) is 2.74. The summed E-state index contributed by atoms with van der Waals surface area (Å²) in [5.74, 6) is 0.00533. The molecule has 0 bridgehead atoms. The van der Waals surface area contributed by atoms with Gasteiger partial charge in [-0.1, -0.05) is 65.0 Å². The molecule has 0 spiro atoms. The Morgan fingerprint density at radius 2 is 1.83 bits per heavy atom. The second-order valence-corrected chi connectivity index (χ2v) is 13.9. The molecule has 0 aliphatic carbocycles. The summed E-state index contributed by atoms with van der Waals surface area (Å²) in [6, 6.07) is 10.9. The van der Waals surface area contributed by atoms with Gasteiger partial charge in [-0.05, 0) is 36.5 Å². The largest absolute Gasteiger partial charge is 0.389 e. The number of nitrogens with zero attached hydrogens (tertiary/aromatic N) is 1. The quantitative estimate of drug-likeness (QED) is 0.647. The summed E-state index contributed by atoms with van der Waals surface area (Å²) in [6.07, 6.45) is 0.921. The zero-order valence-electron chi connectivity index (χ0n) is 16.7. The van der Waals surface area contributed by atoms with Crippen LogP contribution in [0.1, 0.15) is 53.5 Å². The number of hydrogen-bond acceptors (Lipinski definition) is 3. The van der Waals surface area contributed by atoms with Gasteiger partial charge in [-0.15, -0.1) is 0 Å². The van der Waals surface area contributed by atoms with Crippen molar-refractivity contribution in [3.63, 3.8) is 0 Å². The third-order valence-corrected chi connectivity index (χ3v) is 10.0. The summed E-state index contributed by atoms with van der Waals surface area (Å²) in [7, 11) is -1.88. The molecule has 1 heterocycles. The van der Waals surface area contributed by atoms with Gasteiger partial charge in [0.2, 0.25) is 0 Å². The Kier molecular flexibility index (Phi) is 5.65. The fourth-order valence-electron chi connectivity index (χ4n) is 3.07. The van der Waals surface area contributed by atoms with Crippen molar-refractivity contribution < 1.29 is 9.26 Å². The molecule has 0 unspecified atom stereocenters. The topological polar surface area (TPSA) is 21.7 Å². The van der Waals surface area contributed by atoms with Crippen molar-refractivity contribution in [2.24, 2.45) is 5.92 Å². The third kappa shape index (κ3) is 4.48. The Morgan fingerprint density at radius 1 is 1.25 bits per heavy atom. The zero-order valence-corrected chi connectivity index (χ0v) is 17.7. The molecular formula is C20H35NO2Si. The minimum atomic E-state index is -1.88. The van der Waals surface area contributed by atoms with Crippen LogP contribution in [-0.2, 0) is 15.8 Å². The fourth-order valence-corrected chi connectivity index (χ4v) is 4.58. The molecule has 1 aliphatic heterocycles. The van der Waals surface area contributed by atoms with E-state index < -0.39 is 14.1 Å². The van der Waals surface area contributed by atoms with E-state index in [0.717, 1.165) is 13.0 Å². The lowest BCUT2D eigenvalue weighted by Crippen LogP contribution is -2.48. The molecular weight excluding hydrogens is 314 g/mol. The molecule has 24 heavy (non-hydrogen) atoms. The van der Waals surface area contributed by atoms with Gasteiger partial charge >= 0.3 is 0 Å². The summed E-state index contributed by atoms with van der Waals surface area (Å²) in [5.41, 5.74) is 1.28. The Morgan fingerprint density at radius 3 is 2.33 bits per heavy atom. The standard InChI is InChI=1S/C20H35NO2Si/c1-16(2)18-14-20(6,23-24(7,8)19(3,4)5)22-21(18)15-17-12-10-9-11-13-17/h9-13,16,18H,14-15H2,1-8H3/t18-,20-/m1/s1. The van der Waals surface area contributed by atoms with Gasteiger partial charge in [-0.25, -0.2) is 0 Å². The number of hydrogen-bond donors (Lipinski definition) is 0. The van der Waals surface area contributed by atoms with E-state index in [2.05, 4.69) is 90.0 Å². The molecule has 1 saturated heterocycles. The van der Waals surface area contributed by atoms with E-state index in [0.29, 0.717) is 12.0 Å². The van der Waals surface area contributed by atoms with Gasteiger partial charge in [-0.3, -0.25) is 4.84 Å². The van der Waals surface area contributed by atoms with Crippen LogP contribution in [0.5, 0.6) is 0 Å². The van der Waals surface area contributed by atoms with Crippen molar-refractivity contribution in [1.82, 2.24) is 5.06 Å². The smallest absolute Gasteiger partial charge is 0.195 e. The highest BCUT2D eigenvalue weighted by Gasteiger charge is 2.50. The molecule has 0 radical (unpaired) electrons. The van der Waals surface area contributed by atoms with Crippen LogP contribution in [0.15, 0.2) is 30.3 Å². The third-order valence-electron chi connectivity index (χ3n) is 5.49. The van der Waals surface area contributed by atoms with Crippen molar-refractivity contribution >= 4 is 8.32 Å². The van der Waals surface area contributed by atoms with Crippen LogP contribution in [0.2, 0.25) is 18.1 Å². The minimum Gasteiger partial charge on any atom is -0.389 e. The molecule has 1 fully saturated rings. The van der Waals surface area contributed by atoms with Gasteiger partial charge in [0.25, 0.3) is 0 Å². The molecule has 1 aliphatic rings. The molecule has 0 aromatic heterocycles. The van der Waals surface area contributed by atoms with Gasteiger partial charge in [0.1, 0.15) is 0 Å². The van der Waals surface area contributed by atoms with E-state index in [-0.39, 0.29) is 5.04 Å². The molecule has 136 valence electrons. The van der Waals surface area contributed by atoms with E-state index in [1.54, 1.807) is 0 Å². The minimum absolute atomic E-state index is 0.180. The molecule has 1 aromatic carbocycles. The van der Waals surface area contributed by atoms with Crippen LogP contribution in [0, 0.1) is 5.92 Å². The molecule has 2 atom stereocenters. The van der Waals surface area contributed by atoms with E-state index in [1.807, 2.05) is 0 Å². The van der Waals surface area contributed by atoms with Crippen LogP contribution in [-0.4, -0.2) is 25.2 Å². The van der Waals surface area contributed by atoms with Crippen molar-refractivity contribution in [3.05, 3.63) is 35.9 Å². The van der Waals surface area contributed by atoms with Crippen molar-refractivity contribution in [2.45, 2.75) is 84.5 Å². The van der Waals surface area contributed by atoms with Crippen LogP contribution < -0.4 is 0 Å². The maximum absolute atomic E-state index is 6.67. The Labute approximate surface area is 149 Å². The molecule has 1 aromatic rings. The Balaban J connectivity index is 2.16. The summed E-state index contributed by atoms with van der Waals surface area (Å²) in [5, 5.41) is 2.33. The summed E-state index contributed by atoms with van der Waals surface area (Å²) in [6.45, 7) is 18.9. The maximum Gasteiger partial charge on any atom is 0.195 e. The second kappa shape index (κ2) is 6.91. The first-order valence-corrected chi connectivity index (χ1v) is 12.0. The van der Waals surface area contributed by atoms with E-state index in [1.165, 1.54) is 5.56 Å². The van der Waals surface area contributed by atoms with Gasteiger partial charge < -0.3 is 4.43 Å². The highest BCUT2D eigenvalue weighted by molar-refractivity contribution is 6.74. The zero-order chi connectivity index (χ0) is 18.2. The van der Waals surface area contributed by atoms with Crippen molar-refractivity contribution in [2.75, 3.05) is 0 Å². The van der Waals surface area contributed by atoms with Crippen LogP contribution in [0.25, 0.3) is 0 Å². The molecule has 4 heteroatoms. The molecule has 0 N–H and O–H groups in total. The lowest BCUT2D eigenvalue weighted by Gasteiger charge is -2.41. The molecule has 0 saturated carbocycles. The molecule has 2 rings (SSSR count). The predicted octanol–water partition coefficient (Wildman–Crippen LogP) is 5.59. The fraction of sp³-hybridized carbons (Fsp3) is 0.700. The van der Waals surface area contributed by atoms with Gasteiger partial charge in [0.05, 0.1) is 0 Å². The van der Waals surface area contributed by atoms with Gasteiger partial charge in [0.15, 0.2) is 14.1 Å². The maximum atomic E-state index is 6.67. The van der Waals surface area contributed by atoms with E-state index in [9.17, 15) is 0 Å². The molecule has 3 nitrogen and oxygen atoms in total. The van der Waals surface area contributed by atoms with Crippen molar-refractivity contribution in [3.8, 4) is 0 Å². The van der Waals surface area contributed by atoms with Gasteiger partial charge in [0, 0.05) is 19.0 Å². The summed E-state index contributed by atoms with van der Waals surface area (Å²) in [4.78, 5) is 6.40. The van der Waals surface area contributed by atoms with Gasteiger partial charge in [-0.2, -0.15) is 5.06 Å².